The molecule has 0 fully saturated rings. The molecule has 3 nitrogen and oxygen atoms in total. The lowest BCUT2D eigenvalue weighted by atomic mass is 9.82. The third-order valence-electron chi connectivity index (χ3n) is 9.27. The van der Waals surface area contributed by atoms with Crippen LogP contribution >= 0.6 is 0 Å². The summed E-state index contributed by atoms with van der Waals surface area (Å²) in [6.45, 7) is 0. The van der Waals surface area contributed by atoms with Gasteiger partial charge < -0.3 is 0 Å². The number of nitrogens with zero attached hydrogens (tertiary/aromatic N) is 1. The highest BCUT2D eigenvalue weighted by molar-refractivity contribution is 6.45. The lowest BCUT2D eigenvalue weighted by Crippen LogP contribution is -2.40. The topological polar surface area (TPSA) is 37.4 Å². The van der Waals surface area contributed by atoms with Crippen LogP contribution in [0.15, 0.2) is 115 Å². The van der Waals surface area contributed by atoms with Gasteiger partial charge in [-0.15, -0.1) is 0 Å². The van der Waals surface area contributed by atoms with Gasteiger partial charge in [0.2, 0.25) is 0 Å². The third-order valence-corrected chi connectivity index (χ3v) is 9.27. The van der Waals surface area contributed by atoms with Crippen molar-refractivity contribution in [3.63, 3.8) is 0 Å². The van der Waals surface area contributed by atoms with Crippen molar-refractivity contribution in [1.29, 1.82) is 0 Å². The van der Waals surface area contributed by atoms with Gasteiger partial charge in [-0.2, -0.15) is 0 Å². The minimum absolute atomic E-state index is 0.279. The molecule has 0 spiro atoms. The first-order chi connectivity index (χ1) is 20.2. The molecule has 0 bridgehead atoms. The molecule has 188 valence electrons. The van der Waals surface area contributed by atoms with E-state index < -0.39 is 0 Å². The van der Waals surface area contributed by atoms with Crippen LogP contribution in [0, 0.1) is 0 Å². The number of carbonyl (C=O) groups excluding carboxylic acids is 2. The van der Waals surface area contributed by atoms with Gasteiger partial charge in [-0.25, -0.2) is 4.90 Å². The van der Waals surface area contributed by atoms with E-state index in [2.05, 4.69) is 72.8 Å². The smallest absolute Gasteiger partial charge is 0.265 e. The second-order valence-corrected chi connectivity index (χ2v) is 11.1. The molecule has 0 atom stereocenters. The largest absolute Gasteiger partial charge is 0.268 e. The van der Waals surface area contributed by atoms with E-state index in [1.54, 1.807) is 12.1 Å². The normalized spacial score (nSPS) is 13.9. The lowest BCUT2D eigenvalue weighted by molar-refractivity contribution is 0.0893. The zero-order chi connectivity index (χ0) is 27.0. The zero-order valence-electron chi connectivity index (χ0n) is 21.7. The van der Waals surface area contributed by atoms with Crippen LogP contribution in [0.4, 0.5) is 5.69 Å². The second kappa shape index (κ2) is 7.15. The molecule has 1 aliphatic rings. The van der Waals surface area contributed by atoms with Crippen molar-refractivity contribution in [2.75, 3.05) is 4.90 Å². The second-order valence-electron chi connectivity index (χ2n) is 11.1. The van der Waals surface area contributed by atoms with Gasteiger partial charge in [0.05, 0.1) is 5.69 Å². The van der Waals surface area contributed by atoms with Crippen LogP contribution in [0.3, 0.4) is 0 Å². The molecule has 1 aliphatic heterocycles. The van der Waals surface area contributed by atoms with Crippen molar-refractivity contribution in [2.45, 2.75) is 0 Å². The SMILES string of the molecule is O=C1c2ccc3c4ccc5c6cccc7cccc(c8ccc(c9ccc(c2c39)C(=O)N1c1ccccc1)c4c58)c76. The maximum absolute atomic E-state index is 13.8. The summed E-state index contributed by atoms with van der Waals surface area (Å²) in [5.74, 6) is -0.559. The van der Waals surface area contributed by atoms with Crippen molar-refractivity contribution < 1.29 is 9.59 Å². The Labute approximate surface area is 233 Å². The molecule has 0 aliphatic carbocycles. The fraction of sp³-hybridized carbons (Fsp3) is 0. The summed E-state index contributed by atoms with van der Waals surface area (Å²) in [6, 6.07) is 39.3. The Kier molecular flexibility index (Phi) is 3.71. The van der Waals surface area contributed by atoms with E-state index in [4.69, 9.17) is 0 Å². The number of carbonyl (C=O) groups is 2. The van der Waals surface area contributed by atoms with Crippen LogP contribution in [0.2, 0.25) is 0 Å². The van der Waals surface area contributed by atoms with Gasteiger partial charge in [-0.1, -0.05) is 91.0 Å². The minimum atomic E-state index is -0.279. The van der Waals surface area contributed by atoms with E-state index in [0.29, 0.717) is 16.8 Å². The Morgan fingerprint density at radius 2 is 0.756 bits per heavy atom. The highest BCUT2D eigenvalue weighted by Crippen LogP contribution is 2.48. The molecule has 3 heteroatoms. The minimum Gasteiger partial charge on any atom is -0.268 e. The Hall–Kier alpha value is -5.54. The molecule has 0 saturated carbocycles. The van der Waals surface area contributed by atoms with E-state index in [-0.39, 0.29) is 11.8 Å². The number of hydrogen-bond donors (Lipinski definition) is 0. The molecule has 0 unspecified atom stereocenters. The molecule has 0 N–H and O–H groups in total. The number of rotatable bonds is 1. The molecule has 0 radical (unpaired) electrons. The maximum atomic E-state index is 13.8. The van der Waals surface area contributed by atoms with Crippen LogP contribution in [-0.4, -0.2) is 11.8 Å². The number of imide groups is 1. The molecule has 0 saturated heterocycles. The Morgan fingerprint density at radius 1 is 0.341 bits per heavy atom. The first-order valence-corrected chi connectivity index (χ1v) is 13.9. The standard InChI is InChI=1S/C38H19NO2/c40-37-30-18-16-28-26-14-12-24-22-10-4-6-20-7-5-11-23(32(20)22)25-13-15-27(34(26)33(24)25)29-17-19-31(36(30)35(28)29)38(41)39(37)21-8-2-1-3-9-21/h1-19H. The van der Waals surface area contributed by atoms with Gasteiger partial charge in [0.1, 0.15) is 0 Å². The van der Waals surface area contributed by atoms with Crippen molar-refractivity contribution >= 4 is 92.9 Å². The number of benzene rings is 9. The molecule has 0 aromatic heterocycles. The van der Waals surface area contributed by atoms with Gasteiger partial charge in [0, 0.05) is 16.5 Å². The maximum Gasteiger partial charge on any atom is 0.265 e. The fourth-order valence-electron chi connectivity index (χ4n) is 7.63. The van der Waals surface area contributed by atoms with Crippen molar-refractivity contribution in [2.24, 2.45) is 0 Å². The van der Waals surface area contributed by atoms with Crippen LogP contribution in [-0.2, 0) is 0 Å². The molecule has 2 amide bonds. The fourth-order valence-corrected chi connectivity index (χ4v) is 7.63. The first-order valence-electron chi connectivity index (χ1n) is 13.9. The summed E-state index contributed by atoms with van der Waals surface area (Å²) in [7, 11) is 0. The number of amides is 2. The predicted molar refractivity (Wildman–Crippen MR) is 169 cm³/mol. The van der Waals surface area contributed by atoms with Crippen molar-refractivity contribution in [1.82, 2.24) is 0 Å². The van der Waals surface area contributed by atoms with Crippen LogP contribution in [0.5, 0.6) is 0 Å². The lowest BCUT2D eigenvalue weighted by Gasteiger charge is -2.28. The third kappa shape index (κ3) is 2.42. The Bertz CT molecular complexity index is 2470. The first kappa shape index (κ1) is 21.3. The average Bonchev–Trinajstić information content (AvgIpc) is 3.02. The summed E-state index contributed by atoms with van der Waals surface area (Å²) >= 11 is 0. The number of anilines is 1. The summed E-state index contributed by atoms with van der Waals surface area (Å²) in [5.41, 5.74) is 1.72. The zero-order valence-corrected chi connectivity index (χ0v) is 21.7. The number of fused-ring (bicyclic) bond motifs is 4. The van der Waals surface area contributed by atoms with Gasteiger partial charge in [0.25, 0.3) is 11.8 Å². The highest BCUT2D eigenvalue weighted by atomic mass is 16.2. The molecule has 10 rings (SSSR count). The van der Waals surface area contributed by atoms with E-state index in [1.807, 2.05) is 30.3 Å². The average molecular weight is 522 g/mol. The van der Waals surface area contributed by atoms with Gasteiger partial charge in [-0.3, -0.25) is 9.59 Å². The molecular formula is C38H19NO2. The summed E-state index contributed by atoms with van der Waals surface area (Å²) in [6.07, 6.45) is 0. The number of para-hydroxylation sites is 1. The molecule has 1 heterocycles. The summed E-state index contributed by atoms with van der Waals surface area (Å²) < 4.78 is 0. The van der Waals surface area contributed by atoms with Gasteiger partial charge in [-0.05, 0) is 94.3 Å². The van der Waals surface area contributed by atoms with Gasteiger partial charge >= 0.3 is 0 Å². The van der Waals surface area contributed by atoms with E-state index in [0.717, 1.165) is 32.3 Å². The summed E-state index contributed by atoms with van der Waals surface area (Å²) in [4.78, 5) is 29.0. The summed E-state index contributed by atoms with van der Waals surface area (Å²) in [5, 5.41) is 16.3. The molecule has 9 aromatic rings. The Morgan fingerprint density at radius 3 is 1.24 bits per heavy atom. The number of hydrogen-bond acceptors (Lipinski definition) is 2. The van der Waals surface area contributed by atoms with Crippen LogP contribution < -0.4 is 4.90 Å². The predicted octanol–water partition coefficient (Wildman–Crippen LogP) is 9.44. The van der Waals surface area contributed by atoms with Gasteiger partial charge in [0.15, 0.2) is 0 Å². The van der Waals surface area contributed by atoms with E-state index in [1.165, 1.54) is 48.0 Å². The van der Waals surface area contributed by atoms with E-state index in [9.17, 15) is 9.59 Å². The van der Waals surface area contributed by atoms with E-state index >= 15 is 0 Å². The van der Waals surface area contributed by atoms with Crippen molar-refractivity contribution in [3.05, 3.63) is 126 Å². The van der Waals surface area contributed by atoms with Crippen LogP contribution in [0.1, 0.15) is 20.7 Å². The quantitative estimate of drug-likeness (QED) is 0.123. The highest BCUT2D eigenvalue weighted by Gasteiger charge is 2.35. The molecule has 41 heavy (non-hydrogen) atoms. The van der Waals surface area contributed by atoms with Crippen LogP contribution in [0.25, 0.3) is 75.4 Å². The molecule has 9 aromatic carbocycles. The van der Waals surface area contributed by atoms with Crippen molar-refractivity contribution in [3.8, 4) is 0 Å². The molecular weight excluding hydrogens is 502 g/mol. The Balaban J connectivity index is 1.38. The monoisotopic (exact) mass is 521 g/mol.